The number of amides is 2. The van der Waals surface area contributed by atoms with E-state index in [2.05, 4.69) is 15.3 Å². The molecule has 3 aromatic rings. The van der Waals surface area contributed by atoms with E-state index in [1.54, 1.807) is 18.3 Å². The molecule has 0 saturated carbocycles. The van der Waals surface area contributed by atoms with Crippen LogP contribution in [0.4, 0.5) is 32.0 Å². The van der Waals surface area contributed by atoms with Crippen molar-refractivity contribution in [1.82, 2.24) is 15.3 Å². The van der Waals surface area contributed by atoms with Crippen LogP contribution in [0, 0.1) is 0 Å². The van der Waals surface area contributed by atoms with Gasteiger partial charge in [0, 0.05) is 24.6 Å². The van der Waals surface area contributed by atoms with Gasteiger partial charge in [0.1, 0.15) is 11.4 Å². The van der Waals surface area contributed by atoms with E-state index in [0.717, 1.165) is 6.07 Å². The van der Waals surface area contributed by atoms with Crippen LogP contribution in [0.3, 0.4) is 0 Å². The maximum atomic E-state index is 13.0. The van der Waals surface area contributed by atoms with Crippen molar-refractivity contribution in [3.8, 4) is 0 Å². The molecule has 1 aromatic carbocycles. The molecule has 0 spiro atoms. The molecule has 0 saturated heterocycles. The highest BCUT2D eigenvalue weighted by Gasteiger charge is 2.37. The third kappa shape index (κ3) is 6.28. The number of carbonyl (C=O) groups is 2. The van der Waals surface area contributed by atoms with Crippen molar-refractivity contribution in [2.45, 2.75) is 18.9 Å². The van der Waals surface area contributed by atoms with Crippen molar-refractivity contribution in [2.75, 3.05) is 5.32 Å². The quantitative estimate of drug-likeness (QED) is 0.532. The Morgan fingerprint density at radius 3 is 1.97 bits per heavy atom. The Kier molecular flexibility index (Phi) is 6.65. The van der Waals surface area contributed by atoms with Crippen LogP contribution in [0.25, 0.3) is 0 Å². The molecule has 0 bridgehead atoms. The molecule has 0 atom stereocenters. The van der Waals surface area contributed by atoms with Gasteiger partial charge in [0.15, 0.2) is 0 Å². The summed E-state index contributed by atoms with van der Waals surface area (Å²) >= 11 is 0. The maximum Gasteiger partial charge on any atom is 0.416 e. The minimum absolute atomic E-state index is 0.0544. The van der Waals surface area contributed by atoms with Gasteiger partial charge in [-0.3, -0.25) is 14.6 Å². The van der Waals surface area contributed by atoms with Crippen LogP contribution >= 0.6 is 0 Å². The number of pyridine rings is 2. The minimum Gasteiger partial charge on any atom is -0.347 e. The summed E-state index contributed by atoms with van der Waals surface area (Å²) in [4.78, 5) is 32.4. The van der Waals surface area contributed by atoms with Crippen molar-refractivity contribution in [1.29, 1.82) is 0 Å². The van der Waals surface area contributed by atoms with E-state index >= 15 is 0 Å². The summed E-state index contributed by atoms with van der Waals surface area (Å²) in [5, 5.41) is 4.52. The van der Waals surface area contributed by atoms with Crippen molar-refractivity contribution < 1.29 is 35.9 Å². The third-order valence-corrected chi connectivity index (χ3v) is 4.24. The number of nitrogens with zero attached hydrogens (tertiary/aromatic N) is 2. The Morgan fingerprint density at radius 1 is 0.818 bits per heavy atom. The fourth-order valence-corrected chi connectivity index (χ4v) is 2.69. The molecule has 2 heterocycles. The first-order valence-corrected chi connectivity index (χ1v) is 9.18. The lowest BCUT2D eigenvalue weighted by molar-refractivity contribution is -0.143. The highest BCUT2D eigenvalue weighted by atomic mass is 19.4. The normalized spacial score (nSPS) is 11.7. The molecule has 0 aliphatic rings. The second-order valence-electron chi connectivity index (χ2n) is 6.70. The summed E-state index contributed by atoms with van der Waals surface area (Å²) in [5.41, 5.74) is -3.74. The first-order valence-electron chi connectivity index (χ1n) is 9.18. The molecule has 12 heteroatoms. The van der Waals surface area contributed by atoms with Gasteiger partial charge < -0.3 is 10.6 Å². The largest absolute Gasteiger partial charge is 0.416 e. The van der Waals surface area contributed by atoms with Crippen molar-refractivity contribution in [3.63, 3.8) is 0 Å². The number of hydrogen-bond donors (Lipinski definition) is 2. The molecule has 0 aliphatic carbocycles. The van der Waals surface area contributed by atoms with E-state index in [0.29, 0.717) is 17.7 Å². The van der Waals surface area contributed by atoms with Gasteiger partial charge in [-0.05, 0) is 42.0 Å². The Hall–Kier alpha value is -3.96. The minimum atomic E-state index is -5.06. The third-order valence-electron chi connectivity index (χ3n) is 4.24. The second kappa shape index (κ2) is 9.27. The molecule has 2 aromatic heterocycles. The molecule has 0 radical (unpaired) electrons. The van der Waals surface area contributed by atoms with E-state index in [4.69, 9.17) is 0 Å². The van der Waals surface area contributed by atoms with Crippen molar-refractivity contribution >= 4 is 17.5 Å². The van der Waals surface area contributed by atoms with Gasteiger partial charge >= 0.3 is 12.4 Å². The lowest BCUT2D eigenvalue weighted by Crippen LogP contribution is -2.25. The Morgan fingerprint density at radius 2 is 1.42 bits per heavy atom. The zero-order valence-electron chi connectivity index (χ0n) is 16.5. The number of aromatic nitrogens is 2. The summed E-state index contributed by atoms with van der Waals surface area (Å²) in [6.45, 7) is 0.120. The number of carbonyl (C=O) groups excluding carboxylic acids is 2. The van der Waals surface area contributed by atoms with Crippen LogP contribution in [-0.2, 0) is 18.9 Å². The second-order valence-corrected chi connectivity index (χ2v) is 6.70. The van der Waals surface area contributed by atoms with Gasteiger partial charge in [-0.25, -0.2) is 4.98 Å². The summed E-state index contributed by atoms with van der Waals surface area (Å²) in [5.74, 6) is -1.74. The van der Waals surface area contributed by atoms with E-state index in [1.807, 2.05) is 5.32 Å². The molecular formula is C21H14F6N4O2. The van der Waals surface area contributed by atoms with Crippen LogP contribution in [-0.4, -0.2) is 21.8 Å². The highest BCUT2D eigenvalue weighted by Crippen LogP contribution is 2.37. The lowest BCUT2D eigenvalue weighted by atomic mass is 10.1. The van der Waals surface area contributed by atoms with E-state index < -0.39 is 41.0 Å². The van der Waals surface area contributed by atoms with Crippen molar-refractivity contribution in [3.05, 3.63) is 89.0 Å². The number of nitrogens with one attached hydrogen (secondary N) is 2. The molecule has 0 aliphatic heterocycles. The first-order chi connectivity index (χ1) is 15.4. The summed E-state index contributed by atoms with van der Waals surface area (Å²) in [6.07, 6.45) is -7.05. The van der Waals surface area contributed by atoms with E-state index in [9.17, 15) is 35.9 Å². The van der Waals surface area contributed by atoms with Gasteiger partial charge in [-0.1, -0.05) is 12.1 Å². The van der Waals surface area contributed by atoms with Crippen LogP contribution in [0.15, 0.2) is 60.9 Å². The number of rotatable bonds is 5. The summed E-state index contributed by atoms with van der Waals surface area (Å²) in [7, 11) is 0. The molecule has 3 rings (SSSR count). The molecule has 33 heavy (non-hydrogen) atoms. The predicted molar refractivity (Wildman–Crippen MR) is 104 cm³/mol. The SMILES string of the molecule is O=C(NCc1cccnc1)c1cccc(C(=O)Nc2cc(C(F)(F)F)cc(C(F)(F)F)c2)n1. The number of anilines is 1. The first kappa shape index (κ1) is 23.7. The molecular weight excluding hydrogens is 454 g/mol. The number of hydrogen-bond acceptors (Lipinski definition) is 4. The lowest BCUT2D eigenvalue weighted by Gasteiger charge is -2.14. The number of benzene rings is 1. The van der Waals surface area contributed by atoms with Crippen LogP contribution < -0.4 is 10.6 Å². The highest BCUT2D eigenvalue weighted by molar-refractivity contribution is 6.04. The van der Waals surface area contributed by atoms with E-state index in [-0.39, 0.29) is 24.0 Å². The Balaban J connectivity index is 1.79. The number of alkyl halides is 6. The van der Waals surface area contributed by atoms with Crippen LogP contribution in [0.2, 0.25) is 0 Å². The van der Waals surface area contributed by atoms with E-state index in [1.165, 1.54) is 18.3 Å². The van der Waals surface area contributed by atoms with Gasteiger partial charge in [0.25, 0.3) is 11.8 Å². The zero-order valence-corrected chi connectivity index (χ0v) is 16.5. The maximum absolute atomic E-state index is 13.0. The monoisotopic (exact) mass is 468 g/mol. The molecule has 0 unspecified atom stereocenters. The zero-order chi connectivity index (χ0) is 24.2. The Labute approximate surface area is 182 Å². The van der Waals surface area contributed by atoms with Crippen molar-refractivity contribution in [2.24, 2.45) is 0 Å². The molecule has 6 nitrogen and oxygen atoms in total. The predicted octanol–water partition coefficient (Wildman–Crippen LogP) is 4.70. The molecule has 172 valence electrons. The molecule has 0 fully saturated rings. The Bertz CT molecular complexity index is 1130. The van der Waals surface area contributed by atoms with Gasteiger partial charge in [-0.15, -0.1) is 0 Å². The fraction of sp³-hybridized carbons (Fsp3) is 0.143. The fourth-order valence-electron chi connectivity index (χ4n) is 2.69. The van der Waals surface area contributed by atoms with Gasteiger partial charge in [0.2, 0.25) is 0 Å². The topological polar surface area (TPSA) is 84.0 Å². The molecule has 2 amide bonds. The number of halogens is 6. The average Bonchev–Trinajstić information content (AvgIpc) is 2.77. The summed E-state index contributed by atoms with van der Waals surface area (Å²) < 4.78 is 78.0. The molecule has 2 N–H and O–H groups in total. The van der Waals surface area contributed by atoms with Crippen LogP contribution in [0.1, 0.15) is 37.7 Å². The average molecular weight is 468 g/mol. The van der Waals surface area contributed by atoms with Gasteiger partial charge in [0.05, 0.1) is 11.1 Å². The summed E-state index contributed by atoms with van der Waals surface area (Å²) in [6, 6.07) is 7.83. The smallest absolute Gasteiger partial charge is 0.347 e. The van der Waals surface area contributed by atoms with Crippen LogP contribution in [0.5, 0.6) is 0 Å². The van der Waals surface area contributed by atoms with Gasteiger partial charge in [-0.2, -0.15) is 26.3 Å². The standard InChI is InChI=1S/C21H14F6N4O2/c22-20(23,24)13-7-14(21(25,26)27)9-15(8-13)30-19(33)17-5-1-4-16(31-17)18(32)29-11-12-3-2-6-28-10-12/h1-10H,11H2,(H,29,32)(H,30,33).